The molecule has 2 aromatic carbocycles. The SMILES string of the molecule is COc1ncccc1C(=O)NCc1cccc(Oc2ccc(F)cc2)c1. The van der Waals surface area contributed by atoms with Gasteiger partial charge in [-0.15, -0.1) is 0 Å². The van der Waals surface area contributed by atoms with Gasteiger partial charge in [-0.25, -0.2) is 9.37 Å². The molecule has 26 heavy (non-hydrogen) atoms. The zero-order valence-corrected chi connectivity index (χ0v) is 14.1. The predicted molar refractivity (Wildman–Crippen MR) is 94.9 cm³/mol. The minimum atomic E-state index is -0.320. The average molecular weight is 352 g/mol. The minimum absolute atomic E-state index is 0.276. The minimum Gasteiger partial charge on any atom is -0.480 e. The summed E-state index contributed by atoms with van der Waals surface area (Å²) in [5.74, 6) is 0.813. The number of hydrogen-bond donors (Lipinski definition) is 1. The molecule has 0 bridgehead atoms. The van der Waals surface area contributed by atoms with Crippen molar-refractivity contribution in [2.45, 2.75) is 6.54 Å². The summed E-state index contributed by atoms with van der Waals surface area (Å²) in [6.45, 7) is 0.317. The molecule has 6 heteroatoms. The molecule has 5 nitrogen and oxygen atoms in total. The largest absolute Gasteiger partial charge is 0.480 e. The van der Waals surface area contributed by atoms with E-state index in [0.717, 1.165) is 5.56 Å². The van der Waals surface area contributed by atoms with Gasteiger partial charge in [-0.05, 0) is 54.1 Å². The molecule has 0 saturated heterocycles. The summed E-state index contributed by atoms with van der Waals surface area (Å²) in [4.78, 5) is 16.3. The van der Waals surface area contributed by atoms with Gasteiger partial charge >= 0.3 is 0 Å². The zero-order chi connectivity index (χ0) is 18.4. The molecule has 0 aliphatic rings. The highest BCUT2D eigenvalue weighted by Gasteiger charge is 2.12. The fraction of sp³-hybridized carbons (Fsp3) is 0.100. The van der Waals surface area contributed by atoms with Gasteiger partial charge in [-0.2, -0.15) is 0 Å². The summed E-state index contributed by atoms with van der Waals surface area (Å²) < 4.78 is 23.7. The Balaban J connectivity index is 1.65. The van der Waals surface area contributed by atoms with E-state index < -0.39 is 0 Å². The number of hydrogen-bond acceptors (Lipinski definition) is 4. The van der Waals surface area contributed by atoms with E-state index in [1.54, 1.807) is 36.5 Å². The summed E-state index contributed by atoms with van der Waals surface area (Å²) >= 11 is 0. The van der Waals surface area contributed by atoms with Crippen molar-refractivity contribution in [3.05, 3.63) is 83.8 Å². The highest BCUT2D eigenvalue weighted by Crippen LogP contribution is 2.22. The lowest BCUT2D eigenvalue weighted by molar-refractivity contribution is 0.0947. The molecule has 3 aromatic rings. The van der Waals surface area contributed by atoms with Gasteiger partial charge in [-0.1, -0.05) is 12.1 Å². The van der Waals surface area contributed by atoms with Crippen molar-refractivity contribution in [2.24, 2.45) is 0 Å². The Morgan fingerprint density at radius 3 is 2.65 bits per heavy atom. The number of amides is 1. The Bertz CT molecular complexity index is 898. The number of methoxy groups -OCH3 is 1. The van der Waals surface area contributed by atoms with E-state index in [1.807, 2.05) is 18.2 Å². The standard InChI is InChI=1S/C20H17FN2O3/c1-25-20-18(6-3-11-22-20)19(24)23-13-14-4-2-5-17(12-14)26-16-9-7-15(21)8-10-16/h2-12H,13H2,1H3,(H,23,24). The summed E-state index contributed by atoms with van der Waals surface area (Å²) in [5, 5.41) is 2.82. The number of benzene rings is 2. The molecule has 0 radical (unpaired) electrons. The van der Waals surface area contributed by atoms with Crippen LogP contribution in [0, 0.1) is 5.82 Å². The zero-order valence-electron chi connectivity index (χ0n) is 14.1. The first-order valence-electron chi connectivity index (χ1n) is 7.95. The molecular weight excluding hydrogens is 335 g/mol. The van der Waals surface area contributed by atoms with Crippen molar-refractivity contribution >= 4 is 5.91 Å². The first-order chi connectivity index (χ1) is 12.7. The van der Waals surface area contributed by atoms with Gasteiger partial charge in [-0.3, -0.25) is 4.79 Å². The van der Waals surface area contributed by atoms with Crippen LogP contribution < -0.4 is 14.8 Å². The van der Waals surface area contributed by atoms with Crippen molar-refractivity contribution in [1.29, 1.82) is 0 Å². The highest BCUT2D eigenvalue weighted by atomic mass is 19.1. The van der Waals surface area contributed by atoms with Crippen molar-refractivity contribution in [3.8, 4) is 17.4 Å². The third kappa shape index (κ3) is 4.36. The summed E-state index contributed by atoms with van der Waals surface area (Å²) in [5.41, 5.74) is 1.23. The average Bonchev–Trinajstić information content (AvgIpc) is 2.68. The number of ether oxygens (including phenoxy) is 2. The maximum absolute atomic E-state index is 13.0. The first kappa shape index (κ1) is 17.4. The lowest BCUT2D eigenvalue weighted by atomic mass is 10.2. The molecule has 132 valence electrons. The fourth-order valence-electron chi connectivity index (χ4n) is 2.36. The predicted octanol–water partition coefficient (Wildman–Crippen LogP) is 3.95. The number of rotatable bonds is 6. The van der Waals surface area contributed by atoms with Crippen LogP contribution >= 0.6 is 0 Å². The first-order valence-corrected chi connectivity index (χ1v) is 7.95. The van der Waals surface area contributed by atoms with E-state index in [9.17, 15) is 9.18 Å². The molecule has 0 spiro atoms. The third-order valence-electron chi connectivity index (χ3n) is 3.61. The van der Waals surface area contributed by atoms with Crippen molar-refractivity contribution in [2.75, 3.05) is 7.11 Å². The molecule has 1 heterocycles. The second-order valence-electron chi connectivity index (χ2n) is 5.45. The van der Waals surface area contributed by atoms with Crippen LogP contribution in [0.3, 0.4) is 0 Å². The lowest BCUT2D eigenvalue weighted by Crippen LogP contribution is -2.23. The van der Waals surface area contributed by atoms with Gasteiger partial charge in [0.15, 0.2) is 0 Å². The maximum atomic E-state index is 13.0. The number of halogens is 1. The maximum Gasteiger partial charge on any atom is 0.257 e. The van der Waals surface area contributed by atoms with E-state index in [0.29, 0.717) is 23.6 Å². The number of nitrogens with one attached hydrogen (secondary N) is 1. The monoisotopic (exact) mass is 352 g/mol. The van der Waals surface area contributed by atoms with E-state index in [2.05, 4.69) is 10.3 Å². The Morgan fingerprint density at radius 1 is 1.08 bits per heavy atom. The Labute approximate surface area is 150 Å². The van der Waals surface area contributed by atoms with Crippen molar-refractivity contribution in [3.63, 3.8) is 0 Å². The van der Waals surface area contributed by atoms with Crippen molar-refractivity contribution in [1.82, 2.24) is 10.3 Å². The Kier molecular flexibility index (Phi) is 5.43. The lowest BCUT2D eigenvalue weighted by Gasteiger charge is -2.10. The molecular formula is C20H17FN2O3. The summed E-state index contributed by atoms with van der Waals surface area (Å²) in [6.07, 6.45) is 1.56. The van der Waals surface area contributed by atoms with E-state index in [1.165, 1.54) is 19.2 Å². The topological polar surface area (TPSA) is 60.5 Å². The van der Waals surface area contributed by atoms with Crippen LogP contribution in [0.15, 0.2) is 66.9 Å². The van der Waals surface area contributed by atoms with Crippen LogP contribution in [0.25, 0.3) is 0 Å². The van der Waals surface area contributed by atoms with Crippen LogP contribution in [0.2, 0.25) is 0 Å². The van der Waals surface area contributed by atoms with E-state index in [4.69, 9.17) is 9.47 Å². The Hall–Kier alpha value is -3.41. The number of carbonyl (C=O) groups excluding carboxylic acids is 1. The van der Waals surface area contributed by atoms with Gasteiger partial charge in [0.2, 0.25) is 5.88 Å². The number of carbonyl (C=O) groups is 1. The van der Waals surface area contributed by atoms with E-state index in [-0.39, 0.29) is 17.6 Å². The highest BCUT2D eigenvalue weighted by molar-refractivity contribution is 5.96. The van der Waals surface area contributed by atoms with Gasteiger partial charge in [0, 0.05) is 12.7 Å². The van der Waals surface area contributed by atoms with Gasteiger partial charge in [0.25, 0.3) is 5.91 Å². The van der Waals surface area contributed by atoms with Crippen molar-refractivity contribution < 1.29 is 18.7 Å². The fourth-order valence-corrected chi connectivity index (χ4v) is 2.36. The van der Waals surface area contributed by atoms with Gasteiger partial charge in [0.05, 0.1) is 7.11 Å². The van der Waals surface area contributed by atoms with Gasteiger partial charge < -0.3 is 14.8 Å². The van der Waals surface area contributed by atoms with E-state index >= 15 is 0 Å². The molecule has 1 amide bonds. The molecule has 0 unspecified atom stereocenters. The molecule has 0 atom stereocenters. The number of pyridine rings is 1. The Morgan fingerprint density at radius 2 is 1.88 bits per heavy atom. The quantitative estimate of drug-likeness (QED) is 0.730. The van der Waals surface area contributed by atoms with Crippen LogP contribution in [0.4, 0.5) is 4.39 Å². The smallest absolute Gasteiger partial charge is 0.257 e. The van der Waals surface area contributed by atoms with Crippen LogP contribution in [-0.2, 0) is 6.54 Å². The molecule has 0 fully saturated rings. The molecule has 0 saturated carbocycles. The van der Waals surface area contributed by atoms with Crippen LogP contribution in [0.5, 0.6) is 17.4 Å². The van der Waals surface area contributed by atoms with Crippen LogP contribution in [-0.4, -0.2) is 18.0 Å². The van der Waals surface area contributed by atoms with Gasteiger partial charge in [0.1, 0.15) is 22.9 Å². The molecule has 0 aliphatic carbocycles. The summed E-state index contributed by atoms with van der Waals surface area (Å²) in [6, 6.07) is 16.4. The molecule has 1 N–H and O–H groups in total. The third-order valence-corrected chi connectivity index (χ3v) is 3.61. The number of nitrogens with zero attached hydrogens (tertiary/aromatic N) is 1. The second kappa shape index (κ2) is 8.11. The second-order valence-corrected chi connectivity index (χ2v) is 5.45. The number of aromatic nitrogens is 1. The molecule has 3 rings (SSSR count). The normalized spacial score (nSPS) is 10.2. The molecule has 1 aromatic heterocycles. The van der Waals surface area contributed by atoms with Crippen LogP contribution in [0.1, 0.15) is 15.9 Å². The summed E-state index contributed by atoms with van der Waals surface area (Å²) in [7, 11) is 1.47. The molecule has 0 aliphatic heterocycles.